The number of hydrogen-bond acceptors (Lipinski definition) is 4. The van der Waals surface area contributed by atoms with Gasteiger partial charge in [0.25, 0.3) is 11.5 Å². The van der Waals surface area contributed by atoms with Gasteiger partial charge in [0.15, 0.2) is 11.5 Å². The highest BCUT2D eigenvalue weighted by molar-refractivity contribution is 6.06. The molecule has 0 saturated heterocycles. The molecule has 1 unspecified atom stereocenters. The third kappa shape index (κ3) is 2.93. The summed E-state index contributed by atoms with van der Waals surface area (Å²) in [6.45, 7) is 0. The fourth-order valence-electron chi connectivity index (χ4n) is 3.72. The molecule has 2 N–H and O–H groups in total. The molecule has 0 bridgehead atoms. The molecule has 6 nitrogen and oxygen atoms in total. The van der Waals surface area contributed by atoms with Crippen LogP contribution in [-0.4, -0.2) is 25.1 Å². The zero-order chi connectivity index (χ0) is 19.0. The molecule has 2 aromatic carbocycles. The Kier molecular flexibility index (Phi) is 4.32. The number of pyridine rings is 1. The van der Waals surface area contributed by atoms with Crippen molar-refractivity contribution in [2.24, 2.45) is 0 Å². The number of fused-ring (bicyclic) bond motifs is 2. The summed E-state index contributed by atoms with van der Waals surface area (Å²) in [6.07, 6.45) is 3.14. The topological polar surface area (TPSA) is 80.4 Å². The Hall–Kier alpha value is -3.28. The SMILES string of the molecule is COc1cc2c(cc1OC)C(NC(=O)c1c[nH]c(=O)c3ccccc13)CC2. The molecule has 1 aromatic heterocycles. The van der Waals surface area contributed by atoms with Crippen LogP contribution in [-0.2, 0) is 6.42 Å². The number of carbonyl (C=O) groups is 1. The van der Waals surface area contributed by atoms with Crippen LogP contribution in [0.25, 0.3) is 10.8 Å². The van der Waals surface area contributed by atoms with Crippen molar-refractivity contribution in [1.82, 2.24) is 10.3 Å². The van der Waals surface area contributed by atoms with Crippen molar-refractivity contribution in [2.75, 3.05) is 14.2 Å². The minimum absolute atomic E-state index is 0.113. The molecule has 0 aliphatic heterocycles. The van der Waals surface area contributed by atoms with Crippen LogP contribution < -0.4 is 20.3 Å². The highest BCUT2D eigenvalue weighted by Gasteiger charge is 2.27. The van der Waals surface area contributed by atoms with Crippen molar-refractivity contribution in [1.29, 1.82) is 0 Å². The fourth-order valence-corrected chi connectivity index (χ4v) is 3.72. The number of methoxy groups -OCH3 is 2. The number of aromatic nitrogens is 1. The summed E-state index contributed by atoms with van der Waals surface area (Å²) in [5.74, 6) is 1.12. The minimum Gasteiger partial charge on any atom is -0.493 e. The first kappa shape index (κ1) is 17.1. The molecule has 6 heteroatoms. The molecular formula is C21H20N2O4. The van der Waals surface area contributed by atoms with Gasteiger partial charge in [0.2, 0.25) is 0 Å². The summed E-state index contributed by atoms with van der Waals surface area (Å²) in [5, 5.41) is 4.24. The summed E-state index contributed by atoms with van der Waals surface area (Å²) in [5.41, 5.74) is 2.43. The molecule has 3 aromatic rings. The molecular weight excluding hydrogens is 344 g/mol. The van der Waals surface area contributed by atoms with Crippen LogP contribution in [0.4, 0.5) is 0 Å². The lowest BCUT2D eigenvalue weighted by Gasteiger charge is -2.17. The second kappa shape index (κ2) is 6.79. The maximum absolute atomic E-state index is 12.9. The van der Waals surface area contributed by atoms with Gasteiger partial charge < -0.3 is 19.8 Å². The van der Waals surface area contributed by atoms with Crippen molar-refractivity contribution in [3.63, 3.8) is 0 Å². The monoisotopic (exact) mass is 364 g/mol. The predicted octanol–water partition coefficient (Wildman–Crippen LogP) is 2.96. The number of rotatable bonds is 4. The van der Waals surface area contributed by atoms with Gasteiger partial charge in [-0.15, -0.1) is 0 Å². The van der Waals surface area contributed by atoms with Gasteiger partial charge in [-0.3, -0.25) is 9.59 Å². The van der Waals surface area contributed by atoms with E-state index in [1.54, 1.807) is 32.4 Å². The molecule has 1 aliphatic carbocycles. The van der Waals surface area contributed by atoms with E-state index in [1.807, 2.05) is 18.2 Å². The first-order valence-electron chi connectivity index (χ1n) is 8.78. The standard InChI is InChI=1S/C21H20N2O4/c1-26-18-9-12-7-8-17(15(12)10-19(18)27-2)23-21(25)16-11-22-20(24)14-6-4-3-5-13(14)16/h3-6,9-11,17H,7-8H2,1-2H3,(H,22,24)(H,23,25). The number of hydrogen-bond donors (Lipinski definition) is 2. The molecule has 1 amide bonds. The van der Waals surface area contributed by atoms with E-state index in [9.17, 15) is 9.59 Å². The van der Waals surface area contributed by atoms with Gasteiger partial charge in [-0.05, 0) is 42.2 Å². The molecule has 0 radical (unpaired) electrons. The summed E-state index contributed by atoms with van der Waals surface area (Å²) in [7, 11) is 3.21. The quantitative estimate of drug-likeness (QED) is 0.746. The van der Waals surface area contributed by atoms with Gasteiger partial charge in [-0.25, -0.2) is 0 Å². The summed E-state index contributed by atoms with van der Waals surface area (Å²) < 4.78 is 10.8. The van der Waals surface area contributed by atoms with Gasteiger partial charge in [0, 0.05) is 17.0 Å². The third-order valence-electron chi connectivity index (χ3n) is 5.08. The summed E-state index contributed by atoms with van der Waals surface area (Å²) in [4.78, 5) is 27.6. The number of H-pyrrole nitrogens is 1. The third-order valence-corrected chi connectivity index (χ3v) is 5.08. The Bertz CT molecular complexity index is 1090. The number of benzene rings is 2. The molecule has 0 saturated carbocycles. The van der Waals surface area contributed by atoms with Gasteiger partial charge in [0.1, 0.15) is 0 Å². The van der Waals surface area contributed by atoms with Gasteiger partial charge in [0.05, 0.1) is 25.8 Å². The van der Waals surface area contributed by atoms with E-state index in [0.717, 1.165) is 24.0 Å². The van der Waals surface area contributed by atoms with Crippen molar-refractivity contribution in [3.8, 4) is 11.5 Å². The molecule has 138 valence electrons. The van der Waals surface area contributed by atoms with Crippen LogP contribution in [0.3, 0.4) is 0 Å². The minimum atomic E-state index is -0.213. The zero-order valence-corrected chi connectivity index (χ0v) is 15.2. The van der Waals surface area contributed by atoms with Crippen molar-refractivity contribution >= 4 is 16.7 Å². The molecule has 1 heterocycles. The molecule has 27 heavy (non-hydrogen) atoms. The Morgan fingerprint density at radius 2 is 1.81 bits per heavy atom. The van der Waals surface area contributed by atoms with Crippen LogP contribution in [0.5, 0.6) is 11.5 Å². The number of ether oxygens (including phenoxy) is 2. The number of carbonyl (C=O) groups excluding carboxylic acids is 1. The second-order valence-corrected chi connectivity index (χ2v) is 6.55. The Morgan fingerprint density at radius 1 is 1.11 bits per heavy atom. The van der Waals surface area contributed by atoms with E-state index >= 15 is 0 Å². The van der Waals surface area contributed by atoms with E-state index < -0.39 is 0 Å². The van der Waals surface area contributed by atoms with Gasteiger partial charge >= 0.3 is 0 Å². The predicted molar refractivity (Wildman–Crippen MR) is 103 cm³/mol. The van der Waals surface area contributed by atoms with E-state index in [1.165, 1.54) is 6.20 Å². The average molecular weight is 364 g/mol. The zero-order valence-electron chi connectivity index (χ0n) is 15.2. The van der Waals surface area contributed by atoms with E-state index in [0.29, 0.717) is 27.8 Å². The largest absolute Gasteiger partial charge is 0.493 e. The van der Waals surface area contributed by atoms with Crippen LogP contribution in [0.1, 0.15) is 33.9 Å². The number of aromatic amines is 1. The number of aryl methyl sites for hydroxylation is 1. The molecule has 1 aliphatic rings. The lowest BCUT2D eigenvalue weighted by atomic mass is 10.0. The number of nitrogens with one attached hydrogen (secondary N) is 2. The molecule has 0 spiro atoms. The highest BCUT2D eigenvalue weighted by atomic mass is 16.5. The molecule has 4 rings (SSSR count). The Labute approximate surface area is 156 Å². The maximum Gasteiger partial charge on any atom is 0.255 e. The number of amides is 1. The lowest BCUT2D eigenvalue weighted by molar-refractivity contribution is 0.0938. The first-order valence-corrected chi connectivity index (χ1v) is 8.78. The van der Waals surface area contributed by atoms with E-state index in [4.69, 9.17) is 9.47 Å². The molecule has 0 fully saturated rings. The van der Waals surface area contributed by atoms with Crippen molar-refractivity contribution < 1.29 is 14.3 Å². The maximum atomic E-state index is 12.9. The van der Waals surface area contributed by atoms with Crippen LogP contribution in [0.2, 0.25) is 0 Å². The first-order chi connectivity index (χ1) is 13.1. The van der Waals surface area contributed by atoms with Crippen molar-refractivity contribution in [2.45, 2.75) is 18.9 Å². The van der Waals surface area contributed by atoms with Crippen molar-refractivity contribution in [3.05, 3.63) is 69.6 Å². The average Bonchev–Trinajstić information content (AvgIpc) is 3.08. The Morgan fingerprint density at radius 3 is 2.56 bits per heavy atom. The van der Waals surface area contributed by atoms with E-state index in [-0.39, 0.29) is 17.5 Å². The summed E-state index contributed by atoms with van der Waals surface area (Å²) >= 11 is 0. The smallest absolute Gasteiger partial charge is 0.255 e. The Balaban J connectivity index is 1.67. The van der Waals surface area contributed by atoms with Crippen LogP contribution in [0.15, 0.2) is 47.4 Å². The van der Waals surface area contributed by atoms with Gasteiger partial charge in [-0.1, -0.05) is 18.2 Å². The van der Waals surface area contributed by atoms with Crippen LogP contribution in [0, 0.1) is 0 Å². The van der Waals surface area contributed by atoms with Crippen LogP contribution >= 0.6 is 0 Å². The second-order valence-electron chi connectivity index (χ2n) is 6.55. The van der Waals surface area contributed by atoms with E-state index in [2.05, 4.69) is 10.3 Å². The highest BCUT2D eigenvalue weighted by Crippen LogP contribution is 2.39. The molecule has 1 atom stereocenters. The van der Waals surface area contributed by atoms with Gasteiger partial charge in [-0.2, -0.15) is 0 Å². The summed E-state index contributed by atoms with van der Waals surface area (Å²) in [6, 6.07) is 10.9. The lowest BCUT2D eigenvalue weighted by Crippen LogP contribution is -2.28. The normalized spacial score (nSPS) is 15.4. The fraction of sp³-hybridized carbons (Fsp3) is 0.238.